The number of hydrogen-bond acceptors (Lipinski definition) is 6. The fourth-order valence-corrected chi connectivity index (χ4v) is 3.41. The van der Waals surface area contributed by atoms with Crippen LogP contribution in [0.25, 0.3) is 6.08 Å². The van der Waals surface area contributed by atoms with Crippen molar-refractivity contribution in [3.63, 3.8) is 0 Å². The SMILES string of the molecule is COC(=O)c1cc(CNC(=O)c2cccc(OC)c2OC)cc(NC(=O)/C=C/c2cccc(F)c2)c1. The zero-order valence-corrected chi connectivity index (χ0v) is 20.0. The van der Waals surface area contributed by atoms with Crippen molar-refractivity contribution >= 4 is 29.5 Å². The second kappa shape index (κ2) is 12.2. The molecule has 0 bridgehead atoms. The molecule has 0 saturated heterocycles. The van der Waals surface area contributed by atoms with Crippen molar-refractivity contribution in [1.82, 2.24) is 5.32 Å². The first-order valence-electron chi connectivity index (χ1n) is 10.8. The van der Waals surface area contributed by atoms with Gasteiger partial charge in [0.15, 0.2) is 11.5 Å². The summed E-state index contributed by atoms with van der Waals surface area (Å²) in [5.41, 5.74) is 1.84. The molecule has 0 spiro atoms. The van der Waals surface area contributed by atoms with Gasteiger partial charge in [0.2, 0.25) is 5.91 Å². The number of halogens is 1. The summed E-state index contributed by atoms with van der Waals surface area (Å²) >= 11 is 0. The maximum atomic E-state index is 13.3. The summed E-state index contributed by atoms with van der Waals surface area (Å²) in [5, 5.41) is 5.43. The third-order valence-electron chi connectivity index (χ3n) is 5.06. The number of methoxy groups -OCH3 is 3. The predicted octanol–water partition coefficient (Wildman–Crippen LogP) is 4.21. The van der Waals surface area contributed by atoms with Crippen LogP contribution >= 0.6 is 0 Å². The molecule has 3 aromatic rings. The molecule has 0 aliphatic heterocycles. The van der Waals surface area contributed by atoms with Gasteiger partial charge in [-0.25, -0.2) is 9.18 Å². The molecular weight excluding hydrogens is 467 g/mol. The summed E-state index contributed by atoms with van der Waals surface area (Å²) < 4.78 is 28.7. The number of rotatable bonds is 9. The van der Waals surface area contributed by atoms with Crippen LogP contribution in [0, 0.1) is 5.82 Å². The van der Waals surface area contributed by atoms with E-state index in [1.165, 1.54) is 57.7 Å². The first-order chi connectivity index (χ1) is 17.3. The molecule has 0 aromatic heterocycles. The van der Waals surface area contributed by atoms with Gasteiger partial charge in [0.1, 0.15) is 5.82 Å². The summed E-state index contributed by atoms with van der Waals surface area (Å²) in [7, 11) is 4.15. The molecule has 2 amide bonds. The van der Waals surface area contributed by atoms with Gasteiger partial charge in [-0.2, -0.15) is 0 Å². The van der Waals surface area contributed by atoms with Crippen LogP contribution in [0.2, 0.25) is 0 Å². The van der Waals surface area contributed by atoms with E-state index in [4.69, 9.17) is 14.2 Å². The van der Waals surface area contributed by atoms with E-state index in [2.05, 4.69) is 10.6 Å². The highest BCUT2D eigenvalue weighted by molar-refractivity contribution is 6.03. The quantitative estimate of drug-likeness (QED) is 0.343. The van der Waals surface area contributed by atoms with Crippen molar-refractivity contribution < 1.29 is 33.0 Å². The number of esters is 1. The molecule has 2 N–H and O–H groups in total. The third kappa shape index (κ3) is 6.69. The number of para-hydroxylation sites is 1. The Morgan fingerprint density at radius 1 is 0.944 bits per heavy atom. The molecule has 0 radical (unpaired) electrons. The number of hydrogen-bond donors (Lipinski definition) is 2. The van der Waals surface area contributed by atoms with Gasteiger partial charge >= 0.3 is 5.97 Å². The van der Waals surface area contributed by atoms with Crippen LogP contribution in [0.4, 0.5) is 10.1 Å². The molecule has 36 heavy (non-hydrogen) atoms. The summed E-state index contributed by atoms with van der Waals surface area (Å²) in [6, 6.07) is 15.3. The predicted molar refractivity (Wildman–Crippen MR) is 133 cm³/mol. The van der Waals surface area contributed by atoms with Gasteiger partial charge in [0, 0.05) is 18.3 Å². The standard InChI is InChI=1S/C27H25FN2O6/c1-34-23-9-5-8-22(25(23)35-2)26(32)29-16-18-12-19(27(33)36-3)15-21(14-18)30-24(31)11-10-17-6-4-7-20(28)13-17/h4-15H,16H2,1-3H3,(H,29,32)(H,30,31)/b11-10+. The lowest BCUT2D eigenvalue weighted by Gasteiger charge is -2.13. The molecule has 3 aromatic carbocycles. The highest BCUT2D eigenvalue weighted by atomic mass is 19.1. The molecule has 0 aliphatic rings. The lowest BCUT2D eigenvalue weighted by Crippen LogP contribution is -2.24. The van der Waals surface area contributed by atoms with Crippen LogP contribution in [0.1, 0.15) is 31.8 Å². The van der Waals surface area contributed by atoms with E-state index in [1.807, 2.05) is 0 Å². The lowest BCUT2D eigenvalue weighted by atomic mass is 10.1. The summed E-state index contributed by atoms with van der Waals surface area (Å²) in [6.45, 7) is 0.0477. The van der Waals surface area contributed by atoms with E-state index in [-0.39, 0.29) is 17.7 Å². The molecule has 0 aliphatic carbocycles. The molecule has 0 saturated carbocycles. The lowest BCUT2D eigenvalue weighted by molar-refractivity contribution is -0.111. The van der Waals surface area contributed by atoms with Gasteiger partial charge < -0.3 is 24.8 Å². The fraction of sp³-hybridized carbons (Fsp3) is 0.148. The number of carbonyl (C=O) groups is 3. The number of ether oxygens (including phenoxy) is 3. The molecule has 0 unspecified atom stereocenters. The van der Waals surface area contributed by atoms with Crippen molar-refractivity contribution in [2.24, 2.45) is 0 Å². The molecule has 0 fully saturated rings. The topological polar surface area (TPSA) is 103 Å². The smallest absolute Gasteiger partial charge is 0.337 e. The number of carbonyl (C=O) groups excluding carboxylic acids is 3. The van der Waals surface area contributed by atoms with Crippen molar-refractivity contribution in [3.8, 4) is 11.5 Å². The first-order valence-corrected chi connectivity index (χ1v) is 10.8. The van der Waals surface area contributed by atoms with Crippen LogP contribution in [0.3, 0.4) is 0 Å². The van der Waals surface area contributed by atoms with Gasteiger partial charge in [-0.15, -0.1) is 0 Å². The van der Waals surface area contributed by atoms with Crippen LogP contribution in [-0.2, 0) is 16.1 Å². The Bertz CT molecular complexity index is 1310. The van der Waals surface area contributed by atoms with E-state index >= 15 is 0 Å². The molecule has 186 valence electrons. The summed E-state index contributed by atoms with van der Waals surface area (Å²) in [4.78, 5) is 37.4. The van der Waals surface area contributed by atoms with Crippen molar-refractivity contribution in [2.75, 3.05) is 26.6 Å². The Morgan fingerprint density at radius 2 is 1.72 bits per heavy atom. The molecule has 9 heteroatoms. The van der Waals surface area contributed by atoms with Crippen LogP contribution in [0.15, 0.2) is 66.7 Å². The highest BCUT2D eigenvalue weighted by Crippen LogP contribution is 2.30. The normalized spacial score (nSPS) is 10.6. The average molecular weight is 493 g/mol. The fourth-order valence-electron chi connectivity index (χ4n) is 3.41. The van der Waals surface area contributed by atoms with Gasteiger partial charge in [-0.1, -0.05) is 18.2 Å². The van der Waals surface area contributed by atoms with Crippen molar-refractivity contribution in [1.29, 1.82) is 0 Å². The largest absolute Gasteiger partial charge is 0.493 e. The number of anilines is 1. The monoisotopic (exact) mass is 492 g/mol. The Hall–Kier alpha value is -4.66. The number of nitrogens with one attached hydrogen (secondary N) is 2. The molecule has 3 rings (SSSR count). The van der Waals surface area contributed by atoms with Gasteiger partial charge in [0.05, 0.1) is 32.5 Å². The minimum absolute atomic E-state index is 0.0477. The zero-order chi connectivity index (χ0) is 26.1. The van der Waals surface area contributed by atoms with E-state index in [1.54, 1.807) is 36.4 Å². The molecular formula is C27H25FN2O6. The Labute approximate surface area is 207 Å². The van der Waals surface area contributed by atoms with E-state index < -0.39 is 23.6 Å². The number of amides is 2. The number of benzene rings is 3. The van der Waals surface area contributed by atoms with Crippen molar-refractivity contribution in [3.05, 3.63) is 94.8 Å². The Balaban J connectivity index is 1.78. The molecule has 0 atom stereocenters. The zero-order valence-electron chi connectivity index (χ0n) is 20.0. The summed E-state index contributed by atoms with van der Waals surface area (Å²) in [6.07, 6.45) is 2.71. The van der Waals surface area contributed by atoms with Crippen molar-refractivity contribution in [2.45, 2.75) is 6.54 Å². The Kier molecular flexibility index (Phi) is 8.77. The van der Waals surface area contributed by atoms with Crippen LogP contribution in [-0.4, -0.2) is 39.1 Å². The maximum Gasteiger partial charge on any atom is 0.337 e. The second-order valence-electron chi connectivity index (χ2n) is 7.51. The molecule has 8 nitrogen and oxygen atoms in total. The van der Waals surface area contributed by atoms with Crippen LogP contribution in [0.5, 0.6) is 11.5 Å². The van der Waals surface area contributed by atoms with E-state index in [0.29, 0.717) is 28.3 Å². The first kappa shape index (κ1) is 26.0. The highest BCUT2D eigenvalue weighted by Gasteiger charge is 2.17. The van der Waals surface area contributed by atoms with Crippen LogP contribution < -0.4 is 20.1 Å². The average Bonchev–Trinajstić information content (AvgIpc) is 2.89. The molecule has 0 heterocycles. The Morgan fingerprint density at radius 3 is 2.42 bits per heavy atom. The van der Waals surface area contributed by atoms with E-state index in [9.17, 15) is 18.8 Å². The van der Waals surface area contributed by atoms with Gasteiger partial charge in [0.25, 0.3) is 5.91 Å². The second-order valence-corrected chi connectivity index (χ2v) is 7.51. The van der Waals surface area contributed by atoms with Gasteiger partial charge in [-0.3, -0.25) is 9.59 Å². The van der Waals surface area contributed by atoms with E-state index in [0.717, 1.165) is 0 Å². The minimum Gasteiger partial charge on any atom is -0.493 e. The minimum atomic E-state index is -0.608. The third-order valence-corrected chi connectivity index (χ3v) is 5.06. The van der Waals surface area contributed by atoms with Gasteiger partial charge in [-0.05, 0) is 59.7 Å². The summed E-state index contributed by atoms with van der Waals surface area (Å²) in [5.74, 6) is -1.23. The maximum absolute atomic E-state index is 13.3.